The SMILES string of the molecule is O=[N+]([O-])B(O)c1cncc(C#CI)c1. The summed E-state index contributed by atoms with van der Waals surface area (Å²) in [6.45, 7) is 0. The molecule has 0 atom stereocenters. The maximum Gasteiger partial charge on any atom is 0.749 e. The lowest BCUT2D eigenvalue weighted by Gasteiger charge is -1.96. The Bertz CT molecular complexity index is 415. The smallest absolute Gasteiger partial charge is 0.382 e. The zero-order chi connectivity index (χ0) is 10.6. The monoisotopic (exact) mass is 302 g/mol. The van der Waals surface area contributed by atoms with Crippen LogP contribution < -0.4 is 5.46 Å². The maximum absolute atomic E-state index is 10.3. The molecule has 0 aliphatic rings. The summed E-state index contributed by atoms with van der Waals surface area (Å²) in [5.74, 6) is 2.68. The molecule has 5 nitrogen and oxygen atoms in total. The first-order valence-corrected chi connectivity index (χ1v) is 4.61. The number of hydrogen-bond donors (Lipinski definition) is 1. The summed E-state index contributed by atoms with van der Waals surface area (Å²) in [7, 11) is -1.74. The minimum Gasteiger partial charge on any atom is -0.382 e. The molecule has 0 bridgehead atoms. The van der Waals surface area contributed by atoms with Crippen molar-refractivity contribution in [1.29, 1.82) is 0 Å². The predicted octanol–water partition coefficient (Wildman–Crippen LogP) is -0.210. The van der Waals surface area contributed by atoms with Crippen LogP contribution in [0, 0.1) is 20.0 Å². The summed E-state index contributed by atoms with van der Waals surface area (Å²) in [5.41, 5.74) is 0.671. The van der Waals surface area contributed by atoms with Crippen molar-refractivity contribution in [3.8, 4) is 9.85 Å². The van der Waals surface area contributed by atoms with Crippen LogP contribution in [0.3, 0.4) is 0 Å². The highest BCUT2D eigenvalue weighted by Crippen LogP contribution is 1.93. The van der Waals surface area contributed by atoms with Crippen LogP contribution in [0.4, 0.5) is 0 Å². The molecular weight excluding hydrogens is 298 g/mol. The Morgan fingerprint density at radius 3 is 2.93 bits per heavy atom. The van der Waals surface area contributed by atoms with Crippen molar-refractivity contribution in [2.75, 3.05) is 0 Å². The van der Waals surface area contributed by atoms with Gasteiger partial charge in [0.05, 0.1) is 5.46 Å². The lowest BCUT2D eigenvalue weighted by molar-refractivity contribution is -0.344. The fourth-order valence-electron chi connectivity index (χ4n) is 0.844. The average molecular weight is 302 g/mol. The van der Waals surface area contributed by atoms with E-state index in [2.05, 4.69) is 14.8 Å². The van der Waals surface area contributed by atoms with Crippen LogP contribution in [0.1, 0.15) is 5.56 Å². The van der Waals surface area contributed by atoms with Crippen LogP contribution in [0.25, 0.3) is 0 Å². The lowest BCUT2D eigenvalue weighted by atomic mass is 9.76. The Kier molecular flexibility index (Phi) is 3.85. The van der Waals surface area contributed by atoms with E-state index in [-0.39, 0.29) is 5.46 Å². The zero-order valence-corrected chi connectivity index (χ0v) is 9.00. The number of nitrogens with zero attached hydrogens (tertiary/aromatic N) is 2. The van der Waals surface area contributed by atoms with Gasteiger partial charge in [0.15, 0.2) is 0 Å². The highest BCUT2D eigenvalue weighted by molar-refractivity contribution is 14.1. The Hall–Kier alpha value is -1.14. The van der Waals surface area contributed by atoms with Crippen LogP contribution in [-0.2, 0) is 0 Å². The van der Waals surface area contributed by atoms with Crippen molar-refractivity contribution in [2.24, 2.45) is 0 Å². The molecule has 0 saturated heterocycles. The Labute approximate surface area is 94.0 Å². The molecule has 0 fully saturated rings. The molecule has 0 unspecified atom stereocenters. The molecule has 0 aromatic carbocycles. The summed E-state index contributed by atoms with van der Waals surface area (Å²) < 4.78 is 2.61. The first kappa shape index (κ1) is 10.9. The summed E-state index contributed by atoms with van der Waals surface area (Å²) >= 11 is 1.85. The number of nitro groups is 1. The van der Waals surface area contributed by atoms with E-state index in [0.29, 0.717) is 5.56 Å². The number of hydrogen-bond acceptors (Lipinski definition) is 4. The molecule has 14 heavy (non-hydrogen) atoms. The van der Waals surface area contributed by atoms with Gasteiger partial charge in [-0.2, -0.15) is 0 Å². The second-order valence-electron chi connectivity index (χ2n) is 2.39. The van der Waals surface area contributed by atoms with Gasteiger partial charge in [-0.3, -0.25) is 15.1 Å². The molecule has 0 amide bonds. The van der Waals surface area contributed by atoms with E-state index in [4.69, 9.17) is 5.02 Å². The van der Waals surface area contributed by atoms with Gasteiger partial charge < -0.3 is 5.02 Å². The van der Waals surface area contributed by atoms with Crippen LogP contribution in [0.15, 0.2) is 18.5 Å². The van der Waals surface area contributed by atoms with E-state index in [1.54, 1.807) is 0 Å². The third-order valence-electron chi connectivity index (χ3n) is 1.45. The Morgan fingerprint density at radius 1 is 1.64 bits per heavy atom. The Balaban J connectivity index is 3.03. The van der Waals surface area contributed by atoms with E-state index in [9.17, 15) is 10.1 Å². The standard InChI is InChI=1S/C7H4BIN2O3/c9-2-1-6-3-7(5-10-4-6)8(12)11(13)14/h3-5,12H. The summed E-state index contributed by atoms with van der Waals surface area (Å²) in [6, 6.07) is 1.44. The van der Waals surface area contributed by atoms with E-state index in [1.165, 1.54) is 18.5 Å². The molecular formula is C7H4BIN2O3. The first-order valence-electron chi connectivity index (χ1n) is 3.53. The van der Waals surface area contributed by atoms with Crippen LogP contribution >= 0.6 is 22.6 Å². The van der Waals surface area contributed by atoms with E-state index < -0.39 is 11.9 Å². The van der Waals surface area contributed by atoms with Gasteiger partial charge in [-0.15, -0.1) is 0 Å². The summed E-state index contributed by atoms with van der Waals surface area (Å²) in [5, 5.41) is 19.4. The van der Waals surface area contributed by atoms with Crippen molar-refractivity contribution in [1.82, 2.24) is 4.98 Å². The zero-order valence-electron chi connectivity index (χ0n) is 6.85. The van der Waals surface area contributed by atoms with Gasteiger partial charge >= 0.3 is 7.05 Å². The molecule has 1 heterocycles. The van der Waals surface area contributed by atoms with Crippen LogP contribution in [0.5, 0.6) is 0 Å². The van der Waals surface area contributed by atoms with Crippen LogP contribution in [-0.4, -0.2) is 21.9 Å². The summed E-state index contributed by atoms with van der Waals surface area (Å²) in [4.78, 5) is 13.2. The minimum absolute atomic E-state index is 0.131. The number of halogens is 1. The van der Waals surface area contributed by atoms with E-state index in [0.717, 1.165) is 0 Å². The fraction of sp³-hybridized carbons (Fsp3) is 0. The third kappa shape index (κ3) is 2.68. The second-order valence-corrected chi connectivity index (χ2v) is 2.92. The van der Waals surface area contributed by atoms with E-state index >= 15 is 0 Å². The van der Waals surface area contributed by atoms with Gasteiger partial charge in [-0.05, 0) is 14.8 Å². The molecule has 1 N–H and O–H groups in total. The summed E-state index contributed by atoms with van der Waals surface area (Å²) in [6.07, 6.45) is 2.72. The van der Waals surface area contributed by atoms with Crippen molar-refractivity contribution in [3.63, 3.8) is 0 Å². The lowest BCUT2D eigenvalue weighted by Crippen LogP contribution is -2.38. The van der Waals surface area contributed by atoms with Gasteiger partial charge in [0.25, 0.3) is 0 Å². The molecule has 0 aliphatic heterocycles. The minimum atomic E-state index is -1.74. The van der Waals surface area contributed by atoms with Crippen molar-refractivity contribution >= 4 is 35.1 Å². The second kappa shape index (κ2) is 4.92. The molecule has 1 aromatic heterocycles. The number of pyridine rings is 1. The fourth-order valence-corrected chi connectivity index (χ4v) is 1.15. The molecule has 1 aromatic rings. The van der Waals surface area contributed by atoms with Gasteiger partial charge in [-0.1, -0.05) is 5.92 Å². The molecule has 0 radical (unpaired) electrons. The highest BCUT2D eigenvalue weighted by Gasteiger charge is 2.33. The van der Waals surface area contributed by atoms with Crippen LogP contribution in [0.2, 0.25) is 0 Å². The first-order chi connectivity index (χ1) is 6.65. The molecule has 7 heteroatoms. The molecule has 1 rings (SSSR count). The van der Waals surface area contributed by atoms with Gasteiger partial charge in [0.2, 0.25) is 0 Å². The number of rotatable bonds is 2. The molecule has 0 saturated carbocycles. The number of aromatic nitrogens is 1. The third-order valence-corrected chi connectivity index (χ3v) is 1.72. The van der Waals surface area contributed by atoms with Crippen molar-refractivity contribution in [3.05, 3.63) is 34.1 Å². The van der Waals surface area contributed by atoms with Gasteiger partial charge in [-0.25, -0.2) is 0 Å². The van der Waals surface area contributed by atoms with Gasteiger partial charge in [0, 0.05) is 40.5 Å². The topological polar surface area (TPSA) is 76.3 Å². The predicted molar refractivity (Wildman–Crippen MR) is 59.7 cm³/mol. The van der Waals surface area contributed by atoms with E-state index in [1.807, 2.05) is 22.6 Å². The van der Waals surface area contributed by atoms with Crippen molar-refractivity contribution < 1.29 is 9.86 Å². The largest absolute Gasteiger partial charge is 0.749 e. The molecule has 70 valence electrons. The Morgan fingerprint density at radius 2 is 2.36 bits per heavy atom. The normalized spacial score (nSPS) is 8.71. The quantitative estimate of drug-likeness (QED) is 0.270. The molecule has 0 spiro atoms. The van der Waals surface area contributed by atoms with Crippen molar-refractivity contribution in [2.45, 2.75) is 0 Å². The van der Waals surface area contributed by atoms with Gasteiger partial charge in [0.1, 0.15) is 0 Å². The highest BCUT2D eigenvalue weighted by atomic mass is 127. The average Bonchev–Trinajstić information content (AvgIpc) is 2.17. The molecule has 0 aliphatic carbocycles. The maximum atomic E-state index is 10.3.